The van der Waals surface area contributed by atoms with Crippen molar-refractivity contribution in [1.82, 2.24) is 14.3 Å². The summed E-state index contributed by atoms with van der Waals surface area (Å²) >= 11 is 0. The molecule has 4 nitrogen and oxygen atoms in total. The summed E-state index contributed by atoms with van der Waals surface area (Å²) in [4.78, 5) is 18.0. The minimum Gasteiger partial charge on any atom is -0.332 e. The molecule has 0 aliphatic rings. The average Bonchev–Trinajstić information content (AvgIpc) is 2.88. The van der Waals surface area contributed by atoms with Crippen LogP contribution in [0.25, 0.3) is 11.7 Å². The number of pyridine rings is 1. The van der Waals surface area contributed by atoms with Crippen LogP contribution in [0.3, 0.4) is 0 Å². The van der Waals surface area contributed by atoms with Gasteiger partial charge in [0.05, 0.1) is 11.9 Å². The Bertz CT molecular complexity index is 645. The molecule has 4 heteroatoms. The minimum atomic E-state index is -0.0734. The third kappa shape index (κ3) is 3.03. The van der Waals surface area contributed by atoms with E-state index < -0.39 is 0 Å². The van der Waals surface area contributed by atoms with Crippen molar-refractivity contribution in [2.45, 2.75) is 0 Å². The van der Waals surface area contributed by atoms with E-state index in [0.29, 0.717) is 13.1 Å². The van der Waals surface area contributed by atoms with Gasteiger partial charge in [0.1, 0.15) is 5.65 Å². The number of imidazole rings is 1. The molecule has 0 radical (unpaired) electrons. The van der Waals surface area contributed by atoms with E-state index in [-0.39, 0.29) is 5.91 Å². The maximum atomic E-state index is 12.1. The fourth-order valence-electron chi connectivity index (χ4n) is 1.90. The summed E-state index contributed by atoms with van der Waals surface area (Å²) in [5.41, 5.74) is 1.72. The lowest BCUT2D eigenvalue weighted by Gasteiger charge is -2.16. The van der Waals surface area contributed by atoms with Gasteiger partial charge in [0, 0.05) is 25.4 Å². The lowest BCUT2D eigenvalue weighted by atomic mass is 10.3. The molecule has 2 aromatic heterocycles. The summed E-state index contributed by atoms with van der Waals surface area (Å²) < 4.78 is 1.93. The van der Waals surface area contributed by atoms with Crippen LogP contribution in [0.4, 0.5) is 0 Å². The van der Waals surface area contributed by atoms with Crippen LogP contribution in [0, 0.1) is 0 Å². The molecule has 0 aliphatic carbocycles. The Morgan fingerprint density at radius 1 is 1.30 bits per heavy atom. The molecule has 0 aromatic carbocycles. The quantitative estimate of drug-likeness (QED) is 0.596. The van der Waals surface area contributed by atoms with Gasteiger partial charge in [0.25, 0.3) is 0 Å². The first-order valence-corrected chi connectivity index (χ1v) is 6.37. The number of nitrogens with zero attached hydrogens (tertiary/aromatic N) is 3. The number of aromatic nitrogens is 2. The molecule has 0 N–H and O–H groups in total. The number of hydrogen-bond donors (Lipinski definition) is 0. The van der Waals surface area contributed by atoms with Gasteiger partial charge in [-0.2, -0.15) is 0 Å². The molecule has 0 spiro atoms. The molecule has 102 valence electrons. The monoisotopic (exact) mass is 267 g/mol. The van der Waals surface area contributed by atoms with Crippen molar-refractivity contribution in [3.8, 4) is 0 Å². The minimum absolute atomic E-state index is 0.0734. The first kappa shape index (κ1) is 13.8. The predicted octanol–water partition coefficient (Wildman–Crippen LogP) is 2.55. The molecular weight excluding hydrogens is 250 g/mol. The van der Waals surface area contributed by atoms with E-state index in [1.165, 1.54) is 0 Å². The number of amides is 1. The highest BCUT2D eigenvalue weighted by Gasteiger charge is 2.07. The maximum Gasteiger partial charge on any atom is 0.247 e. The number of hydrogen-bond acceptors (Lipinski definition) is 2. The molecule has 0 atom stereocenters. The van der Waals surface area contributed by atoms with Gasteiger partial charge in [0.15, 0.2) is 0 Å². The molecule has 0 bridgehead atoms. The Hall–Kier alpha value is -2.62. The van der Waals surface area contributed by atoms with Crippen LogP contribution in [0.2, 0.25) is 0 Å². The van der Waals surface area contributed by atoms with Gasteiger partial charge >= 0.3 is 0 Å². The predicted molar refractivity (Wildman–Crippen MR) is 81.2 cm³/mol. The van der Waals surface area contributed by atoms with Gasteiger partial charge in [-0.3, -0.25) is 4.79 Å². The fourth-order valence-corrected chi connectivity index (χ4v) is 1.90. The van der Waals surface area contributed by atoms with E-state index in [1.54, 1.807) is 35.4 Å². The Morgan fingerprint density at radius 2 is 2.05 bits per heavy atom. The number of carbonyl (C=O) groups excluding carboxylic acids is 1. The van der Waals surface area contributed by atoms with Crippen molar-refractivity contribution in [2.75, 3.05) is 13.1 Å². The van der Waals surface area contributed by atoms with Crippen LogP contribution in [0.15, 0.2) is 62.0 Å². The lowest BCUT2D eigenvalue weighted by molar-refractivity contribution is -0.124. The second kappa shape index (κ2) is 6.52. The van der Waals surface area contributed by atoms with Crippen molar-refractivity contribution >= 4 is 17.6 Å². The van der Waals surface area contributed by atoms with Crippen molar-refractivity contribution in [3.05, 3.63) is 67.7 Å². The molecule has 0 saturated carbocycles. The third-order valence-electron chi connectivity index (χ3n) is 2.85. The van der Waals surface area contributed by atoms with Gasteiger partial charge in [-0.25, -0.2) is 4.98 Å². The normalized spacial score (nSPS) is 10.8. The zero-order chi connectivity index (χ0) is 14.4. The van der Waals surface area contributed by atoms with Crippen LogP contribution < -0.4 is 0 Å². The molecule has 2 aromatic rings. The number of fused-ring (bicyclic) bond motifs is 1. The first-order valence-electron chi connectivity index (χ1n) is 6.37. The van der Waals surface area contributed by atoms with Crippen molar-refractivity contribution in [3.63, 3.8) is 0 Å². The van der Waals surface area contributed by atoms with Gasteiger partial charge in [0.2, 0.25) is 5.91 Å². The first-order chi connectivity index (χ1) is 9.76. The van der Waals surface area contributed by atoms with Gasteiger partial charge in [-0.15, -0.1) is 13.2 Å². The molecular formula is C16H17N3O. The molecule has 0 saturated heterocycles. The van der Waals surface area contributed by atoms with Crippen molar-refractivity contribution in [1.29, 1.82) is 0 Å². The second-order valence-corrected chi connectivity index (χ2v) is 4.27. The lowest BCUT2D eigenvalue weighted by Crippen LogP contribution is -2.29. The number of carbonyl (C=O) groups is 1. The third-order valence-corrected chi connectivity index (χ3v) is 2.85. The zero-order valence-corrected chi connectivity index (χ0v) is 11.3. The van der Waals surface area contributed by atoms with Crippen LogP contribution in [-0.4, -0.2) is 33.3 Å². The number of rotatable bonds is 6. The summed E-state index contributed by atoms with van der Waals surface area (Å²) in [6, 6.07) is 5.77. The van der Waals surface area contributed by atoms with E-state index in [0.717, 1.165) is 11.3 Å². The van der Waals surface area contributed by atoms with Crippen molar-refractivity contribution < 1.29 is 4.79 Å². The topological polar surface area (TPSA) is 37.6 Å². The van der Waals surface area contributed by atoms with Crippen LogP contribution in [-0.2, 0) is 4.79 Å². The standard InChI is InChI=1S/C16H17N3O/c1-3-10-18(11-4-2)16(20)9-8-14-13-17-15-7-5-6-12-19(14)15/h3-9,12-13H,1-2,10-11H2/b9-8+. The van der Waals surface area contributed by atoms with Crippen LogP contribution in [0.5, 0.6) is 0 Å². The Morgan fingerprint density at radius 3 is 2.75 bits per heavy atom. The van der Waals surface area contributed by atoms with E-state index in [2.05, 4.69) is 18.1 Å². The largest absolute Gasteiger partial charge is 0.332 e. The highest BCUT2D eigenvalue weighted by atomic mass is 16.2. The van der Waals surface area contributed by atoms with E-state index in [4.69, 9.17) is 0 Å². The molecule has 2 heterocycles. The molecule has 2 rings (SSSR count). The summed E-state index contributed by atoms with van der Waals surface area (Å²) in [5, 5.41) is 0. The Kier molecular flexibility index (Phi) is 4.50. The van der Waals surface area contributed by atoms with E-state index >= 15 is 0 Å². The highest BCUT2D eigenvalue weighted by Crippen LogP contribution is 2.08. The molecule has 0 unspecified atom stereocenters. The Balaban J connectivity index is 2.17. The summed E-state index contributed by atoms with van der Waals surface area (Å²) in [6.45, 7) is 8.30. The summed E-state index contributed by atoms with van der Waals surface area (Å²) in [6.07, 6.45) is 10.4. The van der Waals surface area contributed by atoms with E-state index in [9.17, 15) is 4.79 Å². The molecule has 0 fully saturated rings. The second-order valence-electron chi connectivity index (χ2n) is 4.27. The smallest absolute Gasteiger partial charge is 0.247 e. The average molecular weight is 267 g/mol. The van der Waals surface area contributed by atoms with Gasteiger partial charge in [-0.1, -0.05) is 18.2 Å². The molecule has 20 heavy (non-hydrogen) atoms. The summed E-state index contributed by atoms with van der Waals surface area (Å²) in [7, 11) is 0. The van der Waals surface area contributed by atoms with Gasteiger partial charge in [-0.05, 0) is 18.2 Å². The highest BCUT2D eigenvalue weighted by molar-refractivity contribution is 5.91. The van der Waals surface area contributed by atoms with E-state index in [1.807, 2.05) is 28.8 Å². The maximum absolute atomic E-state index is 12.1. The zero-order valence-electron chi connectivity index (χ0n) is 11.3. The van der Waals surface area contributed by atoms with Crippen LogP contribution in [0.1, 0.15) is 5.69 Å². The van der Waals surface area contributed by atoms with Gasteiger partial charge < -0.3 is 9.30 Å². The Labute approximate surface area is 118 Å². The van der Waals surface area contributed by atoms with Crippen molar-refractivity contribution in [2.24, 2.45) is 0 Å². The summed E-state index contributed by atoms with van der Waals surface area (Å²) in [5.74, 6) is -0.0734. The molecule has 0 aliphatic heterocycles. The fraction of sp³-hybridized carbons (Fsp3) is 0.125. The SMILES string of the molecule is C=CCN(CC=C)C(=O)/C=C/c1cnc2ccccn12. The molecule has 1 amide bonds. The van der Waals surface area contributed by atoms with Crippen LogP contribution >= 0.6 is 0 Å².